The molecule has 1 fully saturated rings. The third-order valence-corrected chi connectivity index (χ3v) is 4.38. The molecule has 2 heteroatoms. The summed E-state index contributed by atoms with van der Waals surface area (Å²) in [7, 11) is 0. The number of benzene rings is 1. The maximum atomic E-state index is 3.65. The van der Waals surface area contributed by atoms with Crippen molar-refractivity contribution in [2.45, 2.75) is 45.1 Å². The number of rotatable bonds is 5. The van der Waals surface area contributed by atoms with Crippen molar-refractivity contribution < 1.29 is 0 Å². The van der Waals surface area contributed by atoms with E-state index in [1.54, 1.807) is 0 Å². The minimum absolute atomic E-state index is 0.781. The molecular formula is C15H22IN. The predicted molar refractivity (Wildman–Crippen MR) is 82.3 cm³/mol. The van der Waals surface area contributed by atoms with E-state index >= 15 is 0 Å². The highest BCUT2D eigenvalue weighted by molar-refractivity contribution is 14.1. The highest BCUT2D eigenvalue weighted by atomic mass is 127. The van der Waals surface area contributed by atoms with Crippen molar-refractivity contribution in [2.24, 2.45) is 5.92 Å². The quantitative estimate of drug-likeness (QED) is 0.797. The first-order chi connectivity index (χ1) is 8.28. The Bertz CT molecular complexity index is 333. The molecule has 0 amide bonds. The van der Waals surface area contributed by atoms with Gasteiger partial charge in [0.25, 0.3) is 0 Å². The van der Waals surface area contributed by atoms with Gasteiger partial charge in [-0.3, -0.25) is 0 Å². The summed E-state index contributed by atoms with van der Waals surface area (Å²) >= 11 is 2.37. The van der Waals surface area contributed by atoms with Gasteiger partial charge in [0.2, 0.25) is 0 Å². The van der Waals surface area contributed by atoms with E-state index < -0.39 is 0 Å². The Morgan fingerprint density at radius 2 is 2.00 bits per heavy atom. The zero-order valence-electron chi connectivity index (χ0n) is 10.6. The molecule has 1 aromatic rings. The lowest BCUT2D eigenvalue weighted by atomic mass is 9.98. The third-order valence-electron chi connectivity index (χ3n) is 3.66. The molecule has 2 atom stereocenters. The molecule has 94 valence electrons. The van der Waals surface area contributed by atoms with E-state index in [0.717, 1.165) is 12.0 Å². The summed E-state index contributed by atoms with van der Waals surface area (Å²) in [4.78, 5) is 0. The van der Waals surface area contributed by atoms with E-state index in [4.69, 9.17) is 0 Å². The number of hydrogen-bond acceptors (Lipinski definition) is 1. The molecule has 0 bridgehead atoms. The van der Waals surface area contributed by atoms with E-state index in [2.05, 4.69) is 59.1 Å². The van der Waals surface area contributed by atoms with E-state index in [1.165, 1.54) is 47.8 Å². The van der Waals surface area contributed by atoms with Crippen LogP contribution in [0.1, 0.15) is 38.2 Å². The predicted octanol–water partition coefficient (Wildman–Crippen LogP) is 4.00. The SMILES string of the molecule is CCCNC1CCC(Cc2ccc(I)cc2)C1. The Morgan fingerprint density at radius 3 is 2.71 bits per heavy atom. The molecule has 1 aromatic carbocycles. The van der Waals surface area contributed by atoms with Crippen LogP contribution in [0.2, 0.25) is 0 Å². The molecule has 1 N–H and O–H groups in total. The van der Waals surface area contributed by atoms with E-state index in [0.29, 0.717) is 0 Å². The average Bonchev–Trinajstić information content (AvgIpc) is 2.77. The summed E-state index contributed by atoms with van der Waals surface area (Å²) in [6.07, 6.45) is 6.65. The molecule has 1 aliphatic rings. The summed E-state index contributed by atoms with van der Waals surface area (Å²) in [6.45, 7) is 3.42. The monoisotopic (exact) mass is 343 g/mol. The van der Waals surface area contributed by atoms with Gasteiger partial charge < -0.3 is 5.32 Å². The van der Waals surface area contributed by atoms with Crippen molar-refractivity contribution in [1.82, 2.24) is 5.32 Å². The molecule has 1 nitrogen and oxygen atoms in total. The standard InChI is InChI=1S/C15H22IN/c1-2-9-17-15-8-5-13(11-15)10-12-3-6-14(16)7-4-12/h3-4,6-7,13,15,17H,2,5,8-11H2,1H3. The first-order valence-corrected chi connectivity index (χ1v) is 7.83. The number of hydrogen-bond donors (Lipinski definition) is 1. The fraction of sp³-hybridized carbons (Fsp3) is 0.600. The molecule has 2 unspecified atom stereocenters. The van der Waals surface area contributed by atoms with Crippen molar-refractivity contribution >= 4 is 22.6 Å². The molecule has 0 spiro atoms. The molecule has 0 radical (unpaired) electrons. The van der Waals surface area contributed by atoms with Crippen LogP contribution in [0.4, 0.5) is 0 Å². The van der Waals surface area contributed by atoms with Gasteiger partial charge in [-0.15, -0.1) is 0 Å². The molecule has 1 saturated carbocycles. The van der Waals surface area contributed by atoms with Crippen molar-refractivity contribution in [2.75, 3.05) is 6.54 Å². The second kappa shape index (κ2) is 6.74. The van der Waals surface area contributed by atoms with E-state index in [9.17, 15) is 0 Å². The van der Waals surface area contributed by atoms with Crippen LogP contribution in [0, 0.1) is 9.49 Å². The van der Waals surface area contributed by atoms with Gasteiger partial charge in [0.15, 0.2) is 0 Å². The Balaban J connectivity index is 1.79. The van der Waals surface area contributed by atoms with Gasteiger partial charge in [-0.05, 0) is 84.9 Å². The number of nitrogens with one attached hydrogen (secondary N) is 1. The summed E-state index contributed by atoms with van der Waals surface area (Å²) < 4.78 is 1.33. The van der Waals surface area contributed by atoms with Crippen LogP contribution in [0.15, 0.2) is 24.3 Å². The smallest absolute Gasteiger partial charge is 0.0130 e. The van der Waals surface area contributed by atoms with Gasteiger partial charge in [0, 0.05) is 9.61 Å². The molecule has 17 heavy (non-hydrogen) atoms. The maximum absolute atomic E-state index is 3.65. The zero-order chi connectivity index (χ0) is 12.1. The summed E-state index contributed by atoms with van der Waals surface area (Å²) in [5.74, 6) is 0.893. The summed E-state index contributed by atoms with van der Waals surface area (Å²) in [5, 5.41) is 3.65. The minimum atomic E-state index is 0.781. The maximum Gasteiger partial charge on any atom is 0.0130 e. The second-order valence-corrected chi connectivity index (χ2v) is 6.41. The van der Waals surface area contributed by atoms with Gasteiger partial charge in [-0.1, -0.05) is 19.1 Å². The summed E-state index contributed by atoms with van der Waals surface area (Å²) in [5.41, 5.74) is 1.51. The average molecular weight is 343 g/mol. The van der Waals surface area contributed by atoms with E-state index in [1.807, 2.05) is 0 Å². The third kappa shape index (κ3) is 4.25. The van der Waals surface area contributed by atoms with Gasteiger partial charge >= 0.3 is 0 Å². The first kappa shape index (κ1) is 13.3. The fourth-order valence-corrected chi connectivity index (χ4v) is 3.11. The number of halogens is 1. The topological polar surface area (TPSA) is 12.0 Å². The molecular weight excluding hydrogens is 321 g/mol. The van der Waals surface area contributed by atoms with Crippen LogP contribution in [-0.4, -0.2) is 12.6 Å². The van der Waals surface area contributed by atoms with Crippen molar-refractivity contribution in [3.8, 4) is 0 Å². The van der Waals surface area contributed by atoms with Crippen LogP contribution in [0.25, 0.3) is 0 Å². The highest BCUT2D eigenvalue weighted by Gasteiger charge is 2.23. The van der Waals surface area contributed by atoms with Gasteiger partial charge in [-0.2, -0.15) is 0 Å². The van der Waals surface area contributed by atoms with Crippen molar-refractivity contribution in [3.05, 3.63) is 33.4 Å². The Hall–Kier alpha value is -0.0900. The second-order valence-electron chi connectivity index (χ2n) is 5.16. The summed E-state index contributed by atoms with van der Waals surface area (Å²) in [6, 6.07) is 9.79. The zero-order valence-corrected chi connectivity index (χ0v) is 12.7. The Morgan fingerprint density at radius 1 is 1.24 bits per heavy atom. The minimum Gasteiger partial charge on any atom is -0.314 e. The Labute approximate surface area is 119 Å². The normalized spacial score (nSPS) is 24.1. The van der Waals surface area contributed by atoms with E-state index in [-0.39, 0.29) is 0 Å². The van der Waals surface area contributed by atoms with Crippen LogP contribution < -0.4 is 5.32 Å². The van der Waals surface area contributed by atoms with Gasteiger partial charge in [0.1, 0.15) is 0 Å². The van der Waals surface area contributed by atoms with Gasteiger partial charge in [-0.25, -0.2) is 0 Å². The molecule has 1 aliphatic carbocycles. The lowest BCUT2D eigenvalue weighted by Gasteiger charge is -2.12. The first-order valence-electron chi connectivity index (χ1n) is 6.75. The largest absolute Gasteiger partial charge is 0.314 e. The lowest BCUT2D eigenvalue weighted by Crippen LogP contribution is -2.27. The Kier molecular flexibility index (Phi) is 5.29. The molecule has 0 aromatic heterocycles. The van der Waals surface area contributed by atoms with Crippen LogP contribution in [0.3, 0.4) is 0 Å². The van der Waals surface area contributed by atoms with Gasteiger partial charge in [0.05, 0.1) is 0 Å². The fourth-order valence-electron chi connectivity index (χ4n) is 2.75. The van der Waals surface area contributed by atoms with Crippen molar-refractivity contribution in [1.29, 1.82) is 0 Å². The van der Waals surface area contributed by atoms with Crippen LogP contribution in [0.5, 0.6) is 0 Å². The molecule has 0 saturated heterocycles. The lowest BCUT2D eigenvalue weighted by molar-refractivity contribution is 0.484. The van der Waals surface area contributed by atoms with Crippen LogP contribution in [-0.2, 0) is 6.42 Å². The highest BCUT2D eigenvalue weighted by Crippen LogP contribution is 2.28. The van der Waals surface area contributed by atoms with Crippen molar-refractivity contribution in [3.63, 3.8) is 0 Å². The molecule has 2 rings (SSSR count). The molecule has 0 heterocycles. The molecule has 0 aliphatic heterocycles. The van der Waals surface area contributed by atoms with Crippen LogP contribution >= 0.6 is 22.6 Å².